The van der Waals surface area contributed by atoms with Gasteiger partial charge in [0, 0.05) is 32.6 Å². The summed E-state index contributed by atoms with van der Waals surface area (Å²) in [6.07, 6.45) is 2.18. The average molecular weight is 300 g/mol. The van der Waals surface area contributed by atoms with Gasteiger partial charge in [0.15, 0.2) is 0 Å². The molecule has 0 aromatic heterocycles. The van der Waals surface area contributed by atoms with Crippen LogP contribution in [0, 0.1) is 0 Å². The van der Waals surface area contributed by atoms with Crippen LogP contribution in [0.5, 0.6) is 0 Å². The molecular formula is C11H13IN2. The maximum absolute atomic E-state index is 4.61. The fraction of sp³-hybridized carbons (Fsp3) is 0.273. The highest BCUT2D eigenvalue weighted by Gasteiger charge is 2.07. The molecule has 1 aliphatic rings. The molecule has 2 rings (SSSR count). The number of anilines is 1. The van der Waals surface area contributed by atoms with Gasteiger partial charge < -0.3 is 5.32 Å². The molecule has 0 bridgehead atoms. The zero-order valence-corrected chi connectivity index (χ0v) is 10.4. The number of nitrogens with zero attached hydrogens (tertiary/aromatic N) is 1. The van der Waals surface area contributed by atoms with Crippen LogP contribution in [0.3, 0.4) is 0 Å². The van der Waals surface area contributed by atoms with Gasteiger partial charge in [-0.1, -0.05) is 12.1 Å². The van der Waals surface area contributed by atoms with Crippen molar-refractivity contribution in [3.8, 4) is 0 Å². The van der Waals surface area contributed by atoms with Crippen molar-refractivity contribution in [2.45, 2.75) is 19.9 Å². The van der Waals surface area contributed by atoms with Crippen molar-refractivity contribution in [3.63, 3.8) is 0 Å². The Hall–Kier alpha value is -0.710. The molecule has 1 heterocycles. The molecule has 0 radical (unpaired) electrons. The number of fused-ring (bicyclic) bond motifs is 1. The first-order valence-electron chi connectivity index (χ1n) is 4.67. The van der Waals surface area contributed by atoms with Crippen molar-refractivity contribution in [1.82, 2.24) is 0 Å². The number of benzene rings is 1. The molecule has 1 N–H and O–H groups in total. The molecule has 0 atom stereocenters. The number of hydrogen-bond acceptors (Lipinski definition) is 2. The van der Waals surface area contributed by atoms with Gasteiger partial charge in [-0.05, 0) is 30.1 Å². The van der Waals surface area contributed by atoms with E-state index in [1.807, 2.05) is 0 Å². The van der Waals surface area contributed by atoms with Crippen molar-refractivity contribution in [2.24, 2.45) is 3.15 Å². The molecule has 0 fully saturated rings. The lowest BCUT2D eigenvalue weighted by Gasteiger charge is -2.14. The van der Waals surface area contributed by atoms with E-state index in [0.717, 1.165) is 5.69 Å². The van der Waals surface area contributed by atoms with E-state index in [2.05, 4.69) is 50.7 Å². The molecular weight excluding hydrogens is 287 g/mol. The van der Waals surface area contributed by atoms with Crippen LogP contribution < -0.4 is 5.32 Å². The van der Waals surface area contributed by atoms with E-state index in [-0.39, 0.29) is 21.0 Å². The summed E-state index contributed by atoms with van der Waals surface area (Å²) in [6, 6.07) is 6.75. The summed E-state index contributed by atoms with van der Waals surface area (Å²) in [6.45, 7) is 4.29. The summed E-state index contributed by atoms with van der Waals surface area (Å²) in [7, 11) is 0. The Morgan fingerprint density at radius 1 is 1.36 bits per heavy atom. The normalized spacial score (nSPS) is 13.6. The SMILES string of the molecule is CC(C)Nc1cccc2c1N=IC=C2. The Labute approximate surface area is 94.6 Å². The highest BCUT2D eigenvalue weighted by Crippen LogP contribution is 2.37. The molecule has 0 saturated carbocycles. The molecule has 14 heavy (non-hydrogen) atoms. The summed E-state index contributed by atoms with van der Waals surface area (Å²) >= 11 is -0.113. The highest BCUT2D eigenvalue weighted by molar-refractivity contribution is 14.2. The lowest BCUT2D eigenvalue weighted by atomic mass is 10.1. The van der Waals surface area contributed by atoms with E-state index in [9.17, 15) is 0 Å². The molecule has 0 saturated heterocycles. The van der Waals surface area contributed by atoms with Gasteiger partial charge >= 0.3 is 0 Å². The largest absolute Gasteiger partial charge is 0.381 e. The minimum atomic E-state index is -0.113. The van der Waals surface area contributed by atoms with Gasteiger partial charge in [-0.3, -0.25) is 0 Å². The van der Waals surface area contributed by atoms with Crippen molar-refractivity contribution < 1.29 is 0 Å². The summed E-state index contributed by atoms with van der Waals surface area (Å²) in [5.41, 5.74) is 3.56. The lowest BCUT2D eigenvalue weighted by Crippen LogP contribution is -2.09. The molecule has 1 aliphatic heterocycles. The summed E-state index contributed by atoms with van der Waals surface area (Å²) in [4.78, 5) is 0. The summed E-state index contributed by atoms with van der Waals surface area (Å²) in [5.74, 6) is 0. The predicted octanol–water partition coefficient (Wildman–Crippen LogP) is 4.28. The number of hydrogen-bond donors (Lipinski definition) is 1. The van der Waals surface area contributed by atoms with Crippen molar-refractivity contribution in [3.05, 3.63) is 27.8 Å². The van der Waals surface area contributed by atoms with E-state index >= 15 is 0 Å². The molecule has 0 amide bonds. The summed E-state index contributed by atoms with van der Waals surface area (Å²) in [5, 5.41) is 3.42. The van der Waals surface area contributed by atoms with Crippen LogP contribution >= 0.6 is 21.0 Å². The second-order valence-electron chi connectivity index (χ2n) is 3.52. The van der Waals surface area contributed by atoms with Crippen LogP contribution in [0.25, 0.3) is 6.08 Å². The van der Waals surface area contributed by atoms with Gasteiger partial charge in [-0.25, -0.2) is 3.15 Å². The van der Waals surface area contributed by atoms with Crippen LogP contribution in [0.1, 0.15) is 19.4 Å². The Morgan fingerprint density at radius 3 is 3.00 bits per heavy atom. The molecule has 3 heteroatoms. The molecule has 1 aromatic rings. The molecule has 0 unspecified atom stereocenters. The zero-order valence-electron chi connectivity index (χ0n) is 8.29. The van der Waals surface area contributed by atoms with Crippen LogP contribution in [0.15, 0.2) is 25.4 Å². The first-order chi connectivity index (χ1) is 6.77. The van der Waals surface area contributed by atoms with Crippen molar-refractivity contribution in [1.29, 1.82) is 0 Å². The van der Waals surface area contributed by atoms with E-state index in [0.29, 0.717) is 6.04 Å². The third-order valence-corrected chi connectivity index (χ3v) is 3.39. The maximum atomic E-state index is 4.61. The summed E-state index contributed by atoms with van der Waals surface area (Å²) < 4.78 is 6.80. The van der Waals surface area contributed by atoms with Crippen LogP contribution in [0.4, 0.5) is 11.4 Å². The smallest absolute Gasteiger partial charge is 0.0994 e. The maximum Gasteiger partial charge on any atom is 0.0994 e. The lowest BCUT2D eigenvalue weighted by molar-refractivity contribution is 0.900. The van der Waals surface area contributed by atoms with Crippen molar-refractivity contribution in [2.75, 3.05) is 5.32 Å². The van der Waals surface area contributed by atoms with Gasteiger partial charge in [0.05, 0.1) is 11.4 Å². The van der Waals surface area contributed by atoms with E-state index in [4.69, 9.17) is 0 Å². The molecule has 2 nitrogen and oxygen atoms in total. The number of nitrogens with one attached hydrogen (secondary N) is 1. The standard InChI is InChI=1S/C11H13IN2/c1-8(2)13-10-5-3-4-9-6-7-12-14-11(9)10/h3-8,13H,1-2H3. The molecule has 1 aromatic carbocycles. The predicted molar refractivity (Wildman–Crippen MR) is 70.3 cm³/mol. The fourth-order valence-corrected chi connectivity index (χ4v) is 2.92. The Kier molecular flexibility index (Phi) is 2.96. The first-order valence-corrected chi connectivity index (χ1v) is 6.88. The second kappa shape index (κ2) is 4.21. The first kappa shape index (κ1) is 9.83. The second-order valence-corrected chi connectivity index (χ2v) is 5.28. The third kappa shape index (κ3) is 2.03. The molecule has 74 valence electrons. The monoisotopic (exact) mass is 300 g/mol. The minimum Gasteiger partial charge on any atom is -0.381 e. The van der Waals surface area contributed by atoms with Crippen LogP contribution in [-0.4, -0.2) is 6.04 Å². The third-order valence-electron chi connectivity index (χ3n) is 1.94. The number of halogens is 1. The quantitative estimate of drug-likeness (QED) is 0.810. The molecule has 0 aliphatic carbocycles. The van der Waals surface area contributed by atoms with E-state index in [1.165, 1.54) is 11.3 Å². The Bertz CT molecular complexity index is 394. The number of rotatable bonds is 2. The zero-order chi connectivity index (χ0) is 9.97. The Morgan fingerprint density at radius 2 is 2.21 bits per heavy atom. The van der Waals surface area contributed by atoms with E-state index < -0.39 is 0 Å². The average Bonchev–Trinajstić information content (AvgIpc) is 2.18. The fourth-order valence-electron chi connectivity index (χ4n) is 1.39. The van der Waals surface area contributed by atoms with E-state index in [1.54, 1.807) is 0 Å². The highest BCUT2D eigenvalue weighted by atomic mass is 127. The van der Waals surface area contributed by atoms with Gasteiger partial charge in [-0.2, -0.15) is 0 Å². The van der Waals surface area contributed by atoms with Gasteiger partial charge in [-0.15, -0.1) is 0 Å². The van der Waals surface area contributed by atoms with Crippen LogP contribution in [-0.2, 0) is 0 Å². The topological polar surface area (TPSA) is 24.4 Å². The van der Waals surface area contributed by atoms with Gasteiger partial charge in [0.1, 0.15) is 0 Å². The Balaban J connectivity index is 2.42. The minimum absolute atomic E-state index is 0.113. The van der Waals surface area contributed by atoms with Crippen LogP contribution in [0.2, 0.25) is 0 Å². The van der Waals surface area contributed by atoms with Gasteiger partial charge in [0.2, 0.25) is 0 Å². The molecule has 0 spiro atoms. The van der Waals surface area contributed by atoms with Crippen molar-refractivity contribution >= 4 is 38.5 Å². The van der Waals surface area contributed by atoms with Gasteiger partial charge in [0.25, 0.3) is 0 Å².